The van der Waals surface area contributed by atoms with Crippen molar-refractivity contribution in [1.29, 1.82) is 0 Å². The van der Waals surface area contributed by atoms with E-state index in [4.69, 9.17) is 5.11 Å². The molecule has 15 heavy (non-hydrogen) atoms. The van der Waals surface area contributed by atoms with E-state index in [1.165, 1.54) is 13.0 Å². The van der Waals surface area contributed by atoms with Gasteiger partial charge in [-0.3, -0.25) is 0 Å². The summed E-state index contributed by atoms with van der Waals surface area (Å²) in [4.78, 5) is 2.45. The summed E-state index contributed by atoms with van der Waals surface area (Å²) in [6.07, 6.45) is 3.23. The van der Waals surface area contributed by atoms with Gasteiger partial charge in [0.05, 0.1) is 6.10 Å². The van der Waals surface area contributed by atoms with Crippen LogP contribution in [-0.4, -0.2) is 48.8 Å². The predicted molar refractivity (Wildman–Crippen MR) is 64.0 cm³/mol. The largest absolute Gasteiger partial charge is 0.393 e. The molecule has 0 unspecified atom stereocenters. The second kappa shape index (κ2) is 7.20. The van der Waals surface area contributed by atoms with Crippen LogP contribution in [0.15, 0.2) is 0 Å². The van der Waals surface area contributed by atoms with E-state index in [1.807, 2.05) is 0 Å². The van der Waals surface area contributed by atoms with Crippen LogP contribution in [0, 0.1) is 5.92 Å². The summed E-state index contributed by atoms with van der Waals surface area (Å²) in [5, 5.41) is 12.6. The molecule has 3 heteroatoms. The Hall–Kier alpha value is -0.120. The molecule has 0 spiro atoms. The van der Waals surface area contributed by atoms with E-state index < -0.39 is 0 Å². The van der Waals surface area contributed by atoms with E-state index in [-0.39, 0.29) is 6.10 Å². The first kappa shape index (κ1) is 12.9. The minimum atomic E-state index is -0.00697. The van der Waals surface area contributed by atoms with Crippen molar-refractivity contribution in [2.45, 2.75) is 39.2 Å². The number of hydrogen-bond acceptors (Lipinski definition) is 3. The average molecular weight is 214 g/mol. The zero-order valence-electron chi connectivity index (χ0n) is 10.2. The summed E-state index contributed by atoms with van der Waals surface area (Å²) in [7, 11) is 0. The first-order chi connectivity index (χ1) is 7.26. The molecule has 1 fully saturated rings. The van der Waals surface area contributed by atoms with E-state index in [0.717, 1.165) is 44.9 Å². The van der Waals surface area contributed by atoms with Gasteiger partial charge in [-0.1, -0.05) is 13.8 Å². The van der Waals surface area contributed by atoms with Gasteiger partial charge in [0.25, 0.3) is 0 Å². The highest BCUT2D eigenvalue weighted by Gasteiger charge is 2.26. The highest BCUT2D eigenvalue weighted by Crippen LogP contribution is 2.25. The Balaban J connectivity index is 1.84. The molecule has 2 N–H and O–H groups in total. The van der Waals surface area contributed by atoms with Crippen LogP contribution in [-0.2, 0) is 0 Å². The van der Waals surface area contributed by atoms with Crippen molar-refractivity contribution in [3.05, 3.63) is 0 Å². The zero-order valence-corrected chi connectivity index (χ0v) is 10.2. The monoisotopic (exact) mass is 214 g/mol. The molecule has 0 amide bonds. The summed E-state index contributed by atoms with van der Waals surface area (Å²) in [6.45, 7) is 10.2. The highest BCUT2D eigenvalue weighted by molar-refractivity contribution is 4.79. The first-order valence-electron chi connectivity index (χ1n) is 6.37. The molecule has 0 saturated heterocycles. The van der Waals surface area contributed by atoms with E-state index in [1.54, 1.807) is 0 Å². The summed E-state index contributed by atoms with van der Waals surface area (Å²) >= 11 is 0. The lowest BCUT2D eigenvalue weighted by molar-refractivity contribution is 0.0431. The zero-order chi connectivity index (χ0) is 11.1. The summed E-state index contributed by atoms with van der Waals surface area (Å²) in [5.41, 5.74) is 0. The van der Waals surface area contributed by atoms with Gasteiger partial charge in [0.2, 0.25) is 0 Å². The van der Waals surface area contributed by atoms with Crippen molar-refractivity contribution in [2.75, 3.05) is 32.7 Å². The standard InChI is InChI=1S/C12H26N2O/c1-3-14(4-2)7-5-6-13-10-11-8-12(15)9-11/h11-13,15H,3-10H2,1-2H3. The van der Waals surface area contributed by atoms with Crippen molar-refractivity contribution in [2.24, 2.45) is 5.92 Å². The summed E-state index contributed by atoms with van der Waals surface area (Å²) in [5.74, 6) is 0.730. The Morgan fingerprint density at radius 3 is 2.47 bits per heavy atom. The Bertz CT molecular complexity index is 154. The van der Waals surface area contributed by atoms with Crippen LogP contribution in [0.3, 0.4) is 0 Å². The van der Waals surface area contributed by atoms with E-state index in [2.05, 4.69) is 24.1 Å². The molecule has 0 aliphatic heterocycles. The van der Waals surface area contributed by atoms with Gasteiger partial charge in [0.15, 0.2) is 0 Å². The molecule has 90 valence electrons. The first-order valence-corrected chi connectivity index (χ1v) is 6.37. The number of aliphatic hydroxyl groups is 1. The maximum atomic E-state index is 9.12. The number of hydrogen-bond donors (Lipinski definition) is 2. The fraction of sp³-hybridized carbons (Fsp3) is 1.00. The van der Waals surface area contributed by atoms with Crippen LogP contribution in [0.5, 0.6) is 0 Å². The molecule has 1 aliphatic rings. The van der Waals surface area contributed by atoms with Gasteiger partial charge in [0.1, 0.15) is 0 Å². The number of aliphatic hydroxyl groups excluding tert-OH is 1. The van der Waals surface area contributed by atoms with Crippen LogP contribution in [0.25, 0.3) is 0 Å². The molecule has 1 saturated carbocycles. The highest BCUT2D eigenvalue weighted by atomic mass is 16.3. The Morgan fingerprint density at radius 2 is 1.93 bits per heavy atom. The fourth-order valence-corrected chi connectivity index (χ4v) is 2.14. The van der Waals surface area contributed by atoms with Gasteiger partial charge in [-0.05, 0) is 57.9 Å². The van der Waals surface area contributed by atoms with Crippen LogP contribution in [0.1, 0.15) is 33.1 Å². The molecule has 1 rings (SSSR count). The summed E-state index contributed by atoms with van der Waals surface area (Å²) < 4.78 is 0. The van der Waals surface area contributed by atoms with Gasteiger partial charge < -0.3 is 15.3 Å². The van der Waals surface area contributed by atoms with Crippen molar-refractivity contribution in [1.82, 2.24) is 10.2 Å². The second-order valence-corrected chi connectivity index (χ2v) is 4.58. The van der Waals surface area contributed by atoms with E-state index in [9.17, 15) is 0 Å². The van der Waals surface area contributed by atoms with E-state index >= 15 is 0 Å². The average Bonchev–Trinajstić information content (AvgIpc) is 2.20. The molecule has 0 aromatic carbocycles. The predicted octanol–water partition coefficient (Wildman–Crippen LogP) is 1.08. The third-order valence-corrected chi connectivity index (χ3v) is 3.37. The topological polar surface area (TPSA) is 35.5 Å². The maximum absolute atomic E-state index is 9.12. The van der Waals surface area contributed by atoms with Gasteiger partial charge in [-0.2, -0.15) is 0 Å². The molecule has 0 bridgehead atoms. The van der Waals surface area contributed by atoms with Gasteiger partial charge in [0, 0.05) is 0 Å². The number of nitrogens with zero attached hydrogens (tertiary/aromatic N) is 1. The fourth-order valence-electron chi connectivity index (χ4n) is 2.14. The third-order valence-electron chi connectivity index (χ3n) is 3.37. The Kier molecular flexibility index (Phi) is 6.22. The summed E-state index contributed by atoms with van der Waals surface area (Å²) in [6, 6.07) is 0. The number of rotatable bonds is 8. The lowest BCUT2D eigenvalue weighted by Gasteiger charge is -2.31. The van der Waals surface area contributed by atoms with Gasteiger partial charge >= 0.3 is 0 Å². The van der Waals surface area contributed by atoms with Crippen LogP contribution in [0.4, 0.5) is 0 Å². The second-order valence-electron chi connectivity index (χ2n) is 4.58. The Morgan fingerprint density at radius 1 is 1.27 bits per heavy atom. The van der Waals surface area contributed by atoms with Crippen LogP contribution in [0.2, 0.25) is 0 Å². The van der Waals surface area contributed by atoms with Crippen molar-refractivity contribution in [3.8, 4) is 0 Å². The van der Waals surface area contributed by atoms with Crippen molar-refractivity contribution in [3.63, 3.8) is 0 Å². The molecule has 1 aliphatic carbocycles. The third kappa shape index (κ3) is 4.96. The number of nitrogens with one attached hydrogen (secondary N) is 1. The lowest BCUT2D eigenvalue weighted by atomic mass is 9.82. The molecule has 0 atom stereocenters. The molecule has 0 heterocycles. The maximum Gasteiger partial charge on any atom is 0.0546 e. The van der Waals surface area contributed by atoms with Gasteiger partial charge in [-0.25, -0.2) is 0 Å². The minimum absolute atomic E-state index is 0.00697. The molecule has 0 radical (unpaired) electrons. The smallest absolute Gasteiger partial charge is 0.0546 e. The minimum Gasteiger partial charge on any atom is -0.393 e. The molecular weight excluding hydrogens is 188 g/mol. The van der Waals surface area contributed by atoms with E-state index in [0.29, 0.717) is 0 Å². The van der Waals surface area contributed by atoms with Crippen LogP contribution < -0.4 is 5.32 Å². The normalized spacial score (nSPS) is 25.6. The van der Waals surface area contributed by atoms with Crippen LogP contribution >= 0.6 is 0 Å². The van der Waals surface area contributed by atoms with Gasteiger partial charge in [-0.15, -0.1) is 0 Å². The molecule has 0 aromatic heterocycles. The van der Waals surface area contributed by atoms with Crippen molar-refractivity contribution < 1.29 is 5.11 Å². The van der Waals surface area contributed by atoms with Crippen molar-refractivity contribution >= 4 is 0 Å². The quantitative estimate of drug-likeness (QED) is 0.594. The lowest BCUT2D eigenvalue weighted by Crippen LogP contribution is -2.37. The SMILES string of the molecule is CCN(CC)CCCNCC1CC(O)C1. The molecular formula is C12H26N2O. The molecule has 3 nitrogen and oxygen atoms in total. The Labute approximate surface area is 93.9 Å². The molecule has 0 aromatic rings.